The molecule has 0 aliphatic carbocycles. The van der Waals surface area contributed by atoms with Crippen molar-refractivity contribution in [3.05, 3.63) is 71.8 Å². The molecule has 2 heterocycles. The minimum atomic E-state index is -1.06. The second-order valence-corrected chi connectivity index (χ2v) is 10.9. The molecule has 2 N–H and O–H groups in total. The van der Waals surface area contributed by atoms with E-state index in [9.17, 15) is 14.4 Å². The zero-order chi connectivity index (χ0) is 26.6. The molecule has 0 aromatic heterocycles. The van der Waals surface area contributed by atoms with Crippen molar-refractivity contribution < 1.29 is 19.1 Å². The van der Waals surface area contributed by atoms with Gasteiger partial charge in [0.05, 0.1) is 30.0 Å². The van der Waals surface area contributed by atoms with Crippen LogP contribution in [0.1, 0.15) is 50.2 Å². The highest BCUT2D eigenvalue weighted by Crippen LogP contribution is 2.49. The molecule has 198 valence electrons. The fourth-order valence-corrected chi connectivity index (χ4v) is 6.11. The number of hydrogen-bond acceptors (Lipinski definition) is 4. The Balaban J connectivity index is 1.60. The molecule has 2 aliphatic rings. The number of nitrogens with two attached hydrogens (primary N) is 1. The fourth-order valence-electron chi connectivity index (χ4n) is 6.11. The van der Waals surface area contributed by atoms with Crippen LogP contribution in [0.4, 0.5) is 0 Å². The van der Waals surface area contributed by atoms with Crippen LogP contribution in [0, 0.1) is 16.7 Å². The average molecular weight is 506 g/mol. The predicted octanol–water partition coefficient (Wildman–Crippen LogP) is 3.59. The number of nitrogens with zero attached hydrogens (tertiary/aromatic N) is 2. The molecule has 1 spiro atoms. The quantitative estimate of drug-likeness (QED) is 0.564. The van der Waals surface area contributed by atoms with E-state index in [4.69, 9.17) is 10.5 Å². The first-order chi connectivity index (χ1) is 17.7. The molecular weight excluding hydrogens is 466 g/mol. The van der Waals surface area contributed by atoms with Gasteiger partial charge in [-0.1, -0.05) is 67.6 Å². The minimum absolute atomic E-state index is 0.00304. The lowest BCUT2D eigenvalue weighted by atomic mass is 9.68. The summed E-state index contributed by atoms with van der Waals surface area (Å²) < 4.78 is 6.01. The van der Waals surface area contributed by atoms with Crippen LogP contribution >= 0.6 is 0 Å². The second kappa shape index (κ2) is 11.1. The number of hydrogen-bond donors (Lipinski definition) is 1. The Labute approximate surface area is 220 Å². The molecule has 4 atom stereocenters. The number of carbonyl (C=O) groups is 3. The molecule has 0 radical (unpaired) electrons. The van der Waals surface area contributed by atoms with Crippen molar-refractivity contribution >= 4 is 17.7 Å². The molecule has 7 nitrogen and oxygen atoms in total. The van der Waals surface area contributed by atoms with Gasteiger partial charge in [-0.05, 0) is 37.3 Å². The lowest BCUT2D eigenvalue weighted by molar-refractivity contribution is -0.155. The van der Waals surface area contributed by atoms with E-state index in [1.165, 1.54) is 0 Å². The van der Waals surface area contributed by atoms with E-state index in [0.717, 1.165) is 24.0 Å². The Morgan fingerprint density at radius 1 is 1.14 bits per heavy atom. The van der Waals surface area contributed by atoms with Crippen molar-refractivity contribution in [2.45, 2.75) is 45.6 Å². The third-order valence-electron chi connectivity index (χ3n) is 8.69. The first-order valence-corrected chi connectivity index (χ1v) is 13.2. The summed E-state index contributed by atoms with van der Waals surface area (Å²) in [4.78, 5) is 43.9. The Kier molecular flexibility index (Phi) is 8.02. The molecular formula is C30H39N3O4. The van der Waals surface area contributed by atoms with E-state index in [1.807, 2.05) is 62.5 Å². The van der Waals surface area contributed by atoms with Crippen molar-refractivity contribution in [1.82, 2.24) is 9.80 Å². The van der Waals surface area contributed by atoms with E-state index in [-0.39, 0.29) is 24.3 Å². The van der Waals surface area contributed by atoms with Gasteiger partial charge >= 0.3 is 0 Å². The first kappa shape index (κ1) is 26.9. The summed E-state index contributed by atoms with van der Waals surface area (Å²) in [5.41, 5.74) is 6.24. The highest BCUT2D eigenvalue weighted by molar-refractivity contribution is 5.91. The van der Waals surface area contributed by atoms with Crippen LogP contribution in [0.5, 0.6) is 0 Å². The van der Waals surface area contributed by atoms with Gasteiger partial charge in [0, 0.05) is 32.6 Å². The third-order valence-corrected chi connectivity index (χ3v) is 8.69. The van der Waals surface area contributed by atoms with Crippen molar-refractivity contribution in [3.8, 4) is 0 Å². The molecule has 0 bridgehead atoms. The maximum atomic E-state index is 14.1. The summed E-state index contributed by atoms with van der Waals surface area (Å²) >= 11 is 0. The second-order valence-electron chi connectivity index (χ2n) is 10.9. The van der Waals surface area contributed by atoms with E-state index in [1.54, 1.807) is 16.7 Å². The van der Waals surface area contributed by atoms with E-state index < -0.39 is 22.7 Å². The molecule has 2 aromatic carbocycles. The number of amides is 3. The third kappa shape index (κ3) is 5.14. The van der Waals surface area contributed by atoms with Gasteiger partial charge in [-0.2, -0.15) is 0 Å². The minimum Gasteiger partial charge on any atom is -0.376 e. The number of likely N-dealkylation sites (tertiary alicyclic amines) is 2. The molecule has 7 heteroatoms. The van der Waals surface area contributed by atoms with E-state index in [0.29, 0.717) is 32.7 Å². The van der Waals surface area contributed by atoms with Crippen LogP contribution in [-0.4, -0.2) is 60.8 Å². The summed E-state index contributed by atoms with van der Waals surface area (Å²) in [5, 5.41) is 0. The molecule has 2 saturated heterocycles. The molecule has 1 unspecified atom stereocenters. The number of primary amides is 1. The maximum Gasteiger partial charge on any atom is 0.231 e. The smallest absolute Gasteiger partial charge is 0.231 e. The van der Waals surface area contributed by atoms with Gasteiger partial charge < -0.3 is 20.3 Å². The summed E-state index contributed by atoms with van der Waals surface area (Å²) in [5.74, 6) is -1.32. The predicted molar refractivity (Wildman–Crippen MR) is 142 cm³/mol. The highest BCUT2D eigenvalue weighted by atomic mass is 16.5. The molecule has 4 rings (SSSR count). The average Bonchev–Trinajstić information content (AvgIpc) is 3.16. The van der Waals surface area contributed by atoms with Crippen molar-refractivity contribution in [2.75, 3.05) is 33.3 Å². The van der Waals surface area contributed by atoms with Crippen molar-refractivity contribution in [2.24, 2.45) is 22.5 Å². The maximum absolute atomic E-state index is 14.1. The lowest BCUT2D eigenvalue weighted by Gasteiger charge is -2.45. The lowest BCUT2D eigenvalue weighted by Crippen LogP contribution is -2.56. The zero-order valence-corrected chi connectivity index (χ0v) is 22.2. The number of carbonyl (C=O) groups excluding carboxylic acids is 3. The monoisotopic (exact) mass is 505 g/mol. The first-order valence-electron chi connectivity index (χ1n) is 13.2. The van der Waals surface area contributed by atoms with Gasteiger partial charge in [0.2, 0.25) is 17.7 Å². The number of piperidine rings is 1. The summed E-state index contributed by atoms with van der Waals surface area (Å²) in [6.45, 7) is 5.57. The Morgan fingerprint density at radius 2 is 1.78 bits per heavy atom. The van der Waals surface area contributed by atoms with Gasteiger partial charge in [0.15, 0.2) is 0 Å². The van der Waals surface area contributed by atoms with Crippen LogP contribution in [-0.2, 0) is 25.7 Å². The number of ether oxygens (including phenoxy) is 1. The van der Waals surface area contributed by atoms with Crippen molar-refractivity contribution in [3.63, 3.8) is 0 Å². The molecule has 37 heavy (non-hydrogen) atoms. The Morgan fingerprint density at radius 3 is 2.41 bits per heavy atom. The van der Waals surface area contributed by atoms with Gasteiger partial charge in [-0.15, -0.1) is 0 Å². The molecule has 0 saturated carbocycles. The Bertz CT molecular complexity index is 1110. The number of benzene rings is 2. The van der Waals surface area contributed by atoms with Gasteiger partial charge in [-0.25, -0.2) is 0 Å². The number of rotatable bonds is 9. The molecule has 2 aromatic rings. The van der Waals surface area contributed by atoms with Gasteiger partial charge in [0.25, 0.3) is 0 Å². The van der Waals surface area contributed by atoms with Crippen molar-refractivity contribution in [1.29, 1.82) is 0 Å². The van der Waals surface area contributed by atoms with Gasteiger partial charge in [-0.3, -0.25) is 14.4 Å². The zero-order valence-electron chi connectivity index (χ0n) is 22.2. The molecule has 3 amide bonds. The molecule has 2 aliphatic heterocycles. The standard InChI is InChI=1S/C30H39N3O4/c1-4-29(2,27(31)35)25(20-37-19-22-12-7-5-8-13-22)26(34)33-17-11-16-30(21-33)24(18-32(3)28(30)36)23-14-9-6-10-15-23/h5-10,12-15,24-25H,4,11,16-21H2,1-3H3,(H2,31,35)/t24-,25+,29?,30-/m0/s1. The Hall–Kier alpha value is -3.19. The normalized spacial score (nSPS) is 24.2. The van der Waals surface area contributed by atoms with Gasteiger partial charge in [0.1, 0.15) is 0 Å². The largest absolute Gasteiger partial charge is 0.376 e. The summed E-state index contributed by atoms with van der Waals surface area (Å²) in [6, 6.07) is 19.8. The van der Waals surface area contributed by atoms with Crippen LogP contribution in [0.3, 0.4) is 0 Å². The summed E-state index contributed by atoms with van der Waals surface area (Å²) in [6.07, 6.45) is 1.88. The fraction of sp³-hybridized carbons (Fsp3) is 0.500. The van der Waals surface area contributed by atoms with Crippen LogP contribution in [0.25, 0.3) is 0 Å². The number of likely N-dealkylation sites (N-methyl/N-ethyl adjacent to an activating group) is 1. The SMILES string of the molecule is CCC(C)(C(N)=O)[C@H](COCc1ccccc1)C(=O)N1CCC[C@@]2(C1)C(=O)N(C)C[C@H]2c1ccccc1. The van der Waals surface area contributed by atoms with E-state index >= 15 is 0 Å². The highest BCUT2D eigenvalue weighted by Gasteiger charge is 2.56. The van der Waals surface area contributed by atoms with Crippen LogP contribution < -0.4 is 5.73 Å². The van der Waals surface area contributed by atoms with E-state index in [2.05, 4.69) is 12.1 Å². The molecule has 2 fully saturated rings. The topological polar surface area (TPSA) is 92.9 Å². The summed E-state index contributed by atoms with van der Waals surface area (Å²) in [7, 11) is 1.84. The van der Waals surface area contributed by atoms with Crippen LogP contribution in [0.15, 0.2) is 60.7 Å². The van der Waals surface area contributed by atoms with Crippen LogP contribution in [0.2, 0.25) is 0 Å².